The van der Waals surface area contributed by atoms with Gasteiger partial charge < -0.3 is 10.2 Å². The number of halogens is 2. The molecule has 1 amide bonds. The van der Waals surface area contributed by atoms with Gasteiger partial charge in [-0.2, -0.15) is 0 Å². The van der Waals surface area contributed by atoms with E-state index in [1.165, 1.54) is 43.3 Å². The first-order chi connectivity index (χ1) is 16.4. The van der Waals surface area contributed by atoms with Crippen LogP contribution in [0.4, 0.5) is 10.1 Å². The van der Waals surface area contributed by atoms with Gasteiger partial charge in [0.05, 0.1) is 17.3 Å². The van der Waals surface area contributed by atoms with E-state index < -0.39 is 29.3 Å². The van der Waals surface area contributed by atoms with E-state index >= 15 is 0 Å². The number of hydrogen-bond acceptors (Lipinski definition) is 4. The summed E-state index contributed by atoms with van der Waals surface area (Å²) in [6.07, 6.45) is 0. The molecular weight excluding hydrogens is 469 g/mol. The normalized spacial score (nSPS) is 17.8. The molecule has 180 valence electrons. The molecule has 3 aromatic rings. The number of carbonyl (C=O) groups excluding carboxylic acids is 2. The quantitative estimate of drug-likeness (QED) is 0.251. The number of aromatic hydroxyl groups is 1. The Morgan fingerprint density at radius 1 is 1.00 bits per heavy atom. The highest BCUT2D eigenvalue weighted by atomic mass is 35.5. The van der Waals surface area contributed by atoms with Crippen LogP contribution in [0.5, 0.6) is 5.75 Å². The van der Waals surface area contributed by atoms with E-state index in [4.69, 9.17) is 11.6 Å². The maximum Gasteiger partial charge on any atom is 0.300 e. The fourth-order valence-corrected chi connectivity index (χ4v) is 4.37. The first kappa shape index (κ1) is 24.5. The van der Waals surface area contributed by atoms with E-state index in [0.717, 1.165) is 10.5 Å². The molecule has 35 heavy (non-hydrogen) atoms. The molecule has 0 radical (unpaired) electrons. The van der Waals surface area contributed by atoms with Crippen molar-refractivity contribution in [1.82, 2.24) is 0 Å². The Bertz CT molecular complexity index is 1370. The summed E-state index contributed by atoms with van der Waals surface area (Å²) in [5, 5.41) is 22.0. The SMILES string of the molecule is Cc1cc(/C(O)=C2\C(=O)C(=O)N(c3cc(Cl)ccc3O)C2c2ccc(C(C)(C)C)cc2)ccc1F. The number of Topliss-reactive ketones (excluding diaryl/α,β-unsaturated/α-hetero) is 1. The molecular formula is C28H25ClFNO4. The average molecular weight is 494 g/mol. The first-order valence-corrected chi connectivity index (χ1v) is 11.4. The summed E-state index contributed by atoms with van der Waals surface area (Å²) < 4.78 is 13.9. The van der Waals surface area contributed by atoms with Crippen LogP contribution in [0, 0.1) is 12.7 Å². The molecule has 1 saturated heterocycles. The first-order valence-electron chi connectivity index (χ1n) is 11.1. The fraction of sp³-hybridized carbons (Fsp3) is 0.214. The third-order valence-electron chi connectivity index (χ3n) is 6.17. The number of amides is 1. The van der Waals surface area contributed by atoms with Crippen LogP contribution in [-0.4, -0.2) is 21.9 Å². The van der Waals surface area contributed by atoms with Crippen LogP contribution >= 0.6 is 11.6 Å². The zero-order valence-electron chi connectivity index (χ0n) is 19.8. The summed E-state index contributed by atoms with van der Waals surface area (Å²) in [4.78, 5) is 27.7. The summed E-state index contributed by atoms with van der Waals surface area (Å²) in [7, 11) is 0. The number of phenols is 1. The van der Waals surface area contributed by atoms with Crippen LogP contribution in [0.3, 0.4) is 0 Å². The van der Waals surface area contributed by atoms with E-state index in [1.807, 2.05) is 12.1 Å². The van der Waals surface area contributed by atoms with Crippen molar-refractivity contribution in [3.05, 3.63) is 99.3 Å². The van der Waals surface area contributed by atoms with Crippen molar-refractivity contribution in [1.29, 1.82) is 0 Å². The standard InChI is InChI=1S/C28H25ClFNO4/c1-15-13-17(7-11-20(15)30)25(33)23-24(16-5-8-18(9-6-16)28(2,3)4)31(27(35)26(23)34)21-14-19(29)10-12-22(21)32/h5-14,24,32-33H,1-4H3/b25-23+. The molecule has 1 aliphatic heterocycles. The molecule has 1 unspecified atom stereocenters. The third kappa shape index (κ3) is 4.42. The van der Waals surface area contributed by atoms with Gasteiger partial charge in [0, 0.05) is 10.6 Å². The van der Waals surface area contributed by atoms with Crippen molar-refractivity contribution in [3.8, 4) is 5.75 Å². The number of anilines is 1. The lowest BCUT2D eigenvalue weighted by Crippen LogP contribution is -2.29. The Morgan fingerprint density at radius 3 is 2.26 bits per heavy atom. The summed E-state index contributed by atoms with van der Waals surface area (Å²) in [6.45, 7) is 7.73. The molecule has 4 rings (SSSR count). The summed E-state index contributed by atoms with van der Waals surface area (Å²) in [5.74, 6) is -2.98. The van der Waals surface area contributed by atoms with Gasteiger partial charge in [-0.25, -0.2) is 4.39 Å². The maximum atomic E-state index is 13.9. The van der Waals surface area contributed by atoms with Gasteiger partial charge in [-0.1, -0.05) is 56.6 Å². The molecule has 0 aliphatic carbocycles. The largest absolute Gasteiger partial charge is 0.507 e. The zero-order chi connectivity index (χ0) is 25.7. The van der Waals surface area contributed by atoms with Crippen molar-refractivity contribution in [3.63, 3.8) is 0 Å². The van der Waals surface area contributed by atoms with E-state index in [-0.39, 0.29) is 38.6 Å². The van der Waals surface area contributed by atoms with Crippen LogP contribution in [0.2, 0.25) is 5.02 Å². The number of phenolic OH excluding ortho intramolecular Hbond substituents is 1. The molecule has 1 atom stereocenters. The van der Waals surface area contributed by atoms with Crippen molar-refractivity contribution < 1.29 is 24.2 Å². The fourth-order valence-electron chi connectivity index (χ4n) is 4.20. The van der Waals surface area contributed by atoms with Crippen molar-refractivity contribution in [2.75, 3.05) is 4.90 Å². The molecule has 1 aliphatic rings. The van der Waals surface area contributed by atoms with E-state index in [0.29, 0.717) is 5.56 Å². The second-order valence-corrected chi connectivity index (χ2v) is 10.1. The lowest BCUT2D eigenvalue weighted by atomic mass is 9.85. The number of aliphatic hydroxyl groups is 1. The second kappa shape index (κ2) is 8.86. The van der Waals surface area contributed by atoms with Crippen LogP contribution in [0.1, 0.15) is 49.1 Å². The molecule has 2 N–H and O–H groups in total. The third-order valence-corrected chi connectivity index (χ3v) is 6.40. The number of aryl methyl sites for hydroxylation is 1. The van der Waals surface area contributed by atoms with Crippen LogP contribution in [-0.2, 0) is 15.0 Å². The maximum absolute atomic E-state index is 13.9. The van der Waals surface area contributed by atoms with Crippen molar-refractivity contribution >= 4 is 34.7 Å². The minimum atomic E-state index is -1.04. The average Bonchev–Trinajstić information content (AvgIpc) is 3.06. The van der Waals surface area contributed by atoms with E-state index in [2.05, 4.69) is 20.8 Å². The van der Waals surface area contributed by atoms with Crippen molar-refractivity contribution in [2.45, 2.75) is 39.2 Å². The lowest BCUT2D eigenvalue weighted by Gasteiger charge is -2.27. The van der Waals surface area contributed by atoms with Crippen LogP contribution in [0.15, 0.2) is 66.2 Å². The number of rotatable bonds is 3. The number of carbonyl (C=O) groups is 2. The topological polar surface area (TPSA) is 77.8 Å². The molecule has 1 heterocycles. The van der Waals surface area contributed by atoms with Gasteiger partial charge in [-0.05, 0) is 65.4 Å². The number of benzene rings is 3. The molecule has 5 nitrogen and oxygen atoms in total. The summed E-state index contributed by atoms with van der Waals surface area (Å²) in [5.41, 5.74) is 1.82. The van der Waals surface area contributed by atoms with E-state index in [1.54, 1.807) is 12.1 Å². The zero-order valence-corrected chi connectivity index (χ0v) is 20.5. The Kier molecular flexibility index (Phi) is 6.20. The molecule has 0 saturated carbocycles. The summed E-state index contributed by atoms with van der Waals surface area (Å²) in [6, 6.07) is 14.5. The van der Waals surface area contributed by atoms with Crippen molar-refractivity contribution in [2.24, 2.45) is 0 Å². The minimum absolute atomic E-state index is 0.0406. The van der Waals surface area contributed by atoms with Crippen LogP contribution < -0.4 is 4.90 Å². The molecule has 3 aromatic carbocycles. The van der Waals surface area contributed by atoms with Gasteiger partial charge in [0.2, 0.25) is 0 Å². The second-order valence-electron chi connectivity index (χ2n) is 9.64. The number of aliphatic hydroxyl groups excluding tert-OH is 1. The molecule has 0 aromatic heterocycles. The highest BCUT2D eigenvalue weighted by Crippen LogP contribution is 2.45. The van der Waals surface area contributed by atoms with Crippen LogP contribution in [0.25, 0.3) is 5.76 Å². The molecule has 1 fully saturated rings. The van der Waals surface area contributed by atoms with Gasteiger partial charge in [-0.15, -0.1) is 0 Å². The Hall–Kier alpha value is -3.64. The molecule has 0 bridgehead atoms. The minimum Gasteiger partial charge on any atom is -0.507 e. The predicted molar refractivity (Wildman–Crippen MR) is 134 cm³/mol. The molecule has 7 heteroatoms. The van der Waals surface area contributed by atoms with Gasteiger partial charge in [-0.3, -0.25) is 14.5 Å². The van der Waals surface area contributed by atoms with Gasteiger partial charge in [0.25, 0.3) is 11.7 Å². The monoisotopic (exact) mass is 493 g/mol. The van der Waals surface area contributed by atoms with Gasteiger partial charge in [0.15, 0.2) is 0 Å². The Morgan fingerprint density at radius 2 is 1.66 bits per heavy atom. The predicted octanol–water partition coefficient (Wildman–Crippen LogP) is 6.42. The Labute approximate surface area is 208 Å². The summed E-state index contributed by atoms with van der Waals surface area (Å²) >= 11 is 6.14. The number of hydrogen-bond donors (Lipinski definition) is 2. The highest BCUT2D eigenvalue weighted by molar-refractivity contribution is 6.52. The number of nitrogens with zero attached hydrogens (tertiary/aromatic N) is 1. The highest BCUT2D eigenvalue weighted by Gasteiger charge is 2.47. The van der Waals surface area contributed by atoms with Gasteiger partial charge in [0.1, 0.15) is 17.3 Å². The molecule has 0 spiro atoms. The van der Waals surface area contributed by atoms with E-state index in [9.17, 15) is 24.2 Å². The van der Waals surface area contributed by atoms with Gasteiger partial charge >= 0.3 is 0 Å². The lowest BCUT2D eigenvalue weighted by molar-refractivity contribution is -0.132. The number of ketones is 1. The Balaban J connectivity index is 1.97. The smallest absolute Gasteiger partial charge is 0.300 e.